The van der Waals surface area contributed by atoms with Crippen LogP contribution in [-0.2, 0) is 16.5 Å². The van der Waals surface area contributed by atoms with E-state index in [1.807, 2.05) is 0 Å². The third-order valence-corrected chi connectivity index (χ3v) is 5.97. The van der Waals surface area contributed by atoms with Gasteiger partial charge in [0.1, 0.15) is 11.5 Å². The Kier molecular flexibility index (Phi) is 13.5. The summed E-state index contributed by atoms with van der Waals surface area (Å²) in [5.41, 5.74) is 0.767. The molecule has 0 aliphatic rings. The zero-order valence-electron chi connectivity index (χ0n) is 18.8. The van der Waals surface area contributed by atoms with Crippen molar-refractivity contribution in [3.63, 3.8) is 0 Å². The summed E-state index contributed by atoms with van der Waals surface area (Å²) in [6.45, 7) is 2.23. The summed E-state index contributed by atoms with van der Waals surface area (Å²) in [6, 6.07) is 10.6. The molecule has 0 aliphatic carbocycles. The molecule has 0 radical (unpaired) electrons. The molecule has 0 saturated carbocycles. The minimum Gasteiger partial charge on any atom is -0.870 e. The van der Waals surface area contributed by atoms with E-state index in [4.69, 9.17) is 4.74 Å². The van der Waals surface area contributed by atoms with E-state index in [0.717, 1.165) is 18.4 Å². The number of hydrogen-bond acceptors (Lipinski definition) is 4. The Labute approximate surface area is 209 Å². The van der Waals surface area contributed by atoms with Crippen molar-refractivity contribution in [2.75, 3.05) is 0 Å². The Hall–Kier alpha value is -1.05. The maximum absolute atomic E-state index is 11.9. The van der Waals surface area contributed by atoms with Gasteiger partial charge in [-0.25, -0.2) is 0 Å². The second kappa shape index (κ2) is 14.9. The molecule has 1 N–H and O–H groups in total. The van der Waals surface area contributed by atoms with Crippen LogP contribution < -0.4 is 39.4 Å². The molecule has 2 aromatic rings. The second-order valence-electron chi connectivity index (χ2n) is 7.77. The van der Waals surface area contributed by atoms with Crippen molar-refractivity contribution in [2.24, 2.45) is 0 Å². The van der Waals surface area contributed by atoms with E-state index in [1.54, 1.807) is 18.2 Å². The normalized spacial score (nSPS) is 11.2. The minimum absolute atomic E-state index is 0. The number of benzene rings is 2. The predicted octanol–water partition coefficient (Wildman–Crippen LogP) is 3.27. The molecule has 0 spiro atoms. The molecule has 7 heteroatoms. The topological polar surface area (TPSA) is 86.7 Å². The molecule has 0 saturated heterocycles. The van der Waals surface area contributed by atoms with Crippen molar-refractivity contribution in [1.82, 2.24) is 0 Å². The van der Waals surface area contributed by atoms with Gasteiger partial charge in [-0.15, -0.1) is 0 Å². The largest absolute Gasteiger partial charge is 1.00 e. The van der Waals surface area contributed by atoms with Gasteiger partial charge in [-0.2, -0.15) is 8.42 Å². The van der Waals surface area contributed by atoms with Crippen LogP contribution in [0.5, 0.6) is 17.2 Å². The van der Waals surface area contributed by atoms with Crippen molar-refractivity contribution in [2.45, 2.75) is 82.4 Å². The van der Waals surface area contributed by atoms with Gasteiger partial charge in [-0.3, -0.25) is 4.55 Å². The Morgan fingerprint density at radius 1 is 0.871 bits per heavy atom. The van der Waals surface area contributed by atoms with E-state index < -0.39 is 10.1 Å². The molecule has 5 nitrogen and oxygen atoms in total. The van der Waals surface area contributed by atoms with Crippen LogP contribution in [0.3, 0.4) is 0 Å². The number of unbranched alkanes of at least 4 members (excludes halogenated alkanes) is 9. The summed E-state index contributed by atoms with van der Waals surface area (Å²) in [6.07, 6.45) is 12.9. The summed E-state index contributed by atoms with van der Waals surface area (Å²) >= 11 is 0. The van der Waals surface area contributed by atoms with Gasteiger partial charge in [0.05, 0.1) is 4.90 Å². The monoisotopic (exact) mass is 456 g/mol. The molecule has 31 heavy (non-hydrogen) atoms. The molecular weight excluding hydrogens is 423 g/mol. The van der Waals surface area contributed by atoms with E-state index in [2.05, 4.69) is 6.92 Å². The average Bonchev–Trinajstić information content (AvgIpc) is 2.70. The van der Waals surface area contributed by atoms with Gasteiger partial charge in [0.25, 0.3) is 10.1 Å². The van der Waals surface area contributed by atoms with Crippen LogP contribution in [-0.4, -0.2) is 13.0 Å². The summed E-state index contributed by atoms with van der Waals surface area (Å²) in [7, 11) is -4.36. The Bertz CT molecular complexity index is 883. The number of aryl methyl sites for hydroxylation is 1. The first-order valence-corrected chi connectivity index (χ1v) is 12.4. The quantitative estimate of drug-likeness (QED) is 0.268. The molecule has 2 aromatic carbocycles. The van der Waals surface area contributed by atoms with Gasteiger partial charge in [0.2, 0.25) is 0 Å². The van der Waals surface area contributed by atoms with E-state index in [0.29, 0.717) is 6.42 Å². The molecule has 0 heterocycles. The maximum Gasteiger partial charge on any atom is 1.00 e. The molecule has 0 unspecified atom stereocenters. The third kappa shape index (κ3) is 10.9. The number of hydrogen-bond donors (Lipinski definition) is 1. The van der Waals surface area contributed by atoms with Gasteiger partial charge in [-0.05, 0) is 36.6 Å². The van der Waals surface area contributed by atoms with Crippen molar-refractivity contribution >= 4 is 10.1 Å². The van der Waals surface area contributed by atoms with Crippen molar-refractivity contribution in [3.8, 4) is 17.2 Å². The average molecular weight is 457 g/mol. The van der Waals surface area contributed by atoms with E-state index in [1.165, 1.54) is 75.6 Å². The van der Waals surface area contributed by atoms with Gasteiger partial charge in [0.15, 0.2) is 0 Å². The zero-order valence-corrected chi connectivity index (χ0v) is 21.6. The molecule has 0 atom stereocenters. The Morgan fingerprint density at radius 2 is 1.45 bits per heavy atom. The van der Waals surface area contributed by atoms with E-state index in [-0.39, 0.29) is 51.7 Å². The van der Waals surface area contributed by atoms with E-state index in [9.17, 15) is 18.1 Å². The predicted molar refractivity (Wildman–Crippen MR) is 118 cm³/mol. The fourth-order valence-corrected chi connectivity index (χ4v) is 4.03. The maximum atomic E-state index is 11.9. The molecule has 0 aliphatic heterocycles. The molecule has 0 bridgehead atoms. The van der Waals surface area contributed by atoms with Crippen LogP contribution >= 0.6 is 0 Å². The van der Waals surface area contributed by atoms with Crippen molar-refractivity contribution in [1.29, 1.82) is 0 Å². The first-order chi connectivity index (χ1) is 14.4. The van der Waals surface area contributed by atoms with Crippen LogP contribution in [0.1, 0.15) is 76.7 Å². The van der Waals surface area contributed by atoms with Gasteiger partial charge in [-0.1, -0.05) is 88.7 Å². The summed E-state index contributed by atoms with van der Waals surface area (Å²) in [5.74, 6) is 0.0661. The molecular formula is C24H33NaO5S. The number of rotatable bonds is 14. The molecule has 0 fully saturated rings. The molecule has 2 rings (SSSR count). The van der Waals surface area contributed by atoms with Gasteiger partial charge >= 0.3 is 29.6 Å². The molecule has 0 aromatic heterocycles. The summed E-state index contributed by atoms with van der Waals surface area (Å²) < 4.78 is 38.3. The van der Waals surface area contributed by atoms with Crippen LogP contribution in [0, 0.1) is 0 Å². The SMILES string of the molecule is CCCCCCCCCCCCc1cc(Oc2ccccc2[O-])cc(S(=O)(=O)O)c1.[Na+]. The van der Waals surface area contributed by atoms with Crippen molar-refractivity contribution < 1.29 is 52.4 Å². The number of para-hydroxylation sites is 2. The van der Waals surface area contributed by atoms with Crippen LogP contribution in [0.4, 0.5) is 0 Å². The minimum atomic E-state index is -4.36. The first kappa shape index (κ1) is 28.0. The Morgan fingerprint density at radius 3 is 2.03 bits per heavy atom. The van der Waals surface area contributed by atoms with Crippen LogP contribution in [0.15, 0.2) is 47.4 Å². The van der Waals surface area contributed by atoms with Crippen molar-refractivity contribution in [3.05, 3.63) is 48.0 Å². The molecule has 0 amide bonds. The van der Waals surface area contributed by atoms with E-state index >= 15 is 0 Å². The molecule has 166 valence electrons. The third-order valence-electron chi connectivity index (χ3n) is 5.13. The Balaban J connectivity index is 0.00000480. The summed E-state index contributed by atoms with van der Waals surface area (Å²) in [4.78, 5) is -0.217. The smallest absolute Gasteiger partial charge is 0.870 e. The standard InChI is InChI=1S/C24H34O5S.Na/c1-2-3-4-5-6-7-8-9-10-11-14-20-17-21(19-22(18-20)30(26,27)28)29-24-16-13-12-15-23(24)25;/h12-13,15-19,25H,2-11,14H2,1H3,(H,26,27,28);/q;+1/p-1. The number of ether oxygens (including phenoxy) is 1. The van der Waals surface area contributed by atoms with Crippen LogP contribution in [0.25, 0.3) is 0 Å². The van der Waals surface area contributed by atoms with Gasteiger partial charge in [0, 0.05) is 6.07 Å². The fourth-order valence-electron chi connectivity index (χ4n) is 3.46. The van der Waals surface area contributed by atoms with Crippen LogP contribution in [0.2, 0.25) is 0 Å². The zero-order chi connectivity index (χ0) is 21.8. The second-order valence-corrected chi connectivity index (χ2v) is 9.19. The first-order valence-electron chi connectivity index (χ1n) is 11.0. The summed E-state index contributed by atoms with van der Waals surface area (Å²) in [5, 5.41) is 11.9. The van der Waals surface area contributed by atoms with Gasteiger partial charge < -0.3 is 9.84 Å². The fraction of sp³-hybridized carbons (Fsp3) is 0.500.